The average molecular weight is 397 g/mol. The number of carbonyl (C=O) groups is 1. The van der Waals surface area contributed by atoms with Gasteiger partial charge in [-0.15, -0.1) is 0 Å². The first-order valence-corrected chi connectivity index (χ1v) is 10.0. The molecule has 0 radical (unpaired) electrons. The van der Waals surface area contributed by atoms with Crippen molar-refractivity contribution < 1.29 is 17.9 Å². The van der Waals surface area contributed by atoms with Crippen molar-refractivity contribution in [2.75, 3.05) is 29.2 Å². The van der Waals surface area contributed by atoms with Crippen LogP contribution in [-0.2, 0) is 14.6 Å². The van der Waals surface area contributed by atoms with Crippen molar-refractivity contribution in [2.24, 2.45) is 0 Å². The van der Waals surface area contributed by atoms with Gasteiger partial charge in [0.1, 0.15) is 5.82 Å². The van der Waals surface area contributed by atoms with Crippen LogP contribution in [0.1, 0.15) is 16.8 Å². The zero-order valence-corrected chi connectivity index (χ0v) is 15.5. The smallest absolute Gasteiger partial charge is 0.337 e. The SMILES string of the molecule is COC(=O)c1ccc(Cl)c(Nc2ccnc(NC3CCS(=O)(=O)C3)n2)c1. The summed E-state index contributed by atoms with van der Waals surface area (Å²) in [6.45, 7) is 0. The van der Waals surface area contributed by atoms with Gasteiger partial charge in [-0.3, -0.25) is 0 Å². The molecule has 138 valence electrons. The molecule has 1 fully saturated rings. The number of aromatic nitrogens is 2. The van der Waals surface area contributed by atoms with Gasteiger partial charge in [-0.2, -0.15) is 4.98 Å². The minimum absolute atomic E-state index is 0.0705. The molecule has 1 saturated heterocycles. The van der Waals surface area contributed by atoms with E-state index in [1.165, 1.54) is 7.11 Å². The molecule has 3 rings (SSSR count). The van der Waals surface area contributed by atoms with Gasteiger partial charge in [-0.05, 0) is 30.7 Å². The Kier molecular flexibility index (Phi) is 5.28. The summed E-state index contributed by atoms with van der Waals surface area (Å²) in [6, 6.07) is 6.14. The van der Waals surface area contributed by atoms with E-state index in [0.29, 0.717) is 34.5 Å². The van der Waals surface area contributed by atoms with Crippen molar-refractivity contribution in [1.29, 1.82) is 0 Å². The van der Waals surface area contributed by atoms with Gasteiger partial charge in [-0.25, -0.2) is 18.2 Å². The summed E-state index contributed by atoms with van der Waals surface area (Å²) >= 11 is 6.16. The van der Waals surface area contributed by atoms with Crippen molar-refractivity contribution in [3.8, 4) is 0 Å². The van der Waals surface area contributed by atoms with Crippen molar-refractivity contribution in [1.82, 2.24) is 9.97 Å². The molecular weight excluding hydrogens is 380 g/mol. The molecule has 0 saturated carbocycles. The second-order valence-corrected chi connectivity index (χ2v) is 8.46. The third kappa shape index (κ3) is 4.41. The fourth-order valence-corrected chi connectivity index (χ4v) is 4.43. The highest BCUT2D eigenvalue weighted by Gasteiger charge is 2.28. The van der Waals surface area contributed by atoms with E-state index in [0.717, 1.165) is 0 Å². The zero-order valence-electron chi connectivity index (χ0n) is 13.9. The fourth-order valence-electron chi connectivity index (χ4n) is 2.59. The summed E-state index contributed by atoms with van der Waals surface area (Å²) in [5.74, 6) is 0.529. The minimum atomic E-state index is -2.99. The molecular formula is C16H17ClN4O4S. The number of hydrogen-bond acceptors (Lipinski definition) is 8. The molecule has 0 amide bonds. The van der Waals surface area contributed by atoms with Crippen LogP contribution in [0.25, 0.3) is 0 Å². The van der Waals surface area contributed by atoms with Gasteiger partial charge in [-0.1, -0.05) is 11.6 Å². The monoisotopic (exact) mass is 396 g/mol. The van der Waals surface area contributed by atoms with Gasteiger partial charge in [0.05, 0.1) is 34.9 Å². The van der Waals surface area contributed by atoms with Gasteiger partial charge < -0.3 is 15.4 Å². The third-order valence-corrected chi connectivity index (χ3v) is 5.97. The van der Waals surface area contributed by atoms with Crippen LogP contribution >= 0.6 is 11.6 Å². The Balaban J connectivity index is 1.76. The summed E-state index contributed by atoms with van der Waals surface area (Å²) in [7, 11) is -1.69. The van der Waals surface area contributed by atoms with Crippen LogP contribution in [0.3, 0.4) is 0 Å². The van der Waals surface area contributed by atoms with Crippen LogP contribution in [-0.4, -0.2) is 49.0 Å². The Morgan fingerprint density at radius 2 is 2.15 bits per heavy atom. The average Bonchev–Trinajstić information content (AvgIpc) is 2.95. The summed E-state index contributed by atoms with van der Waals surface area (Å²) in [4.78, 5) is 20.1. The number of nitrogens with one attached hydrogen (secondary N) is 2. The number of hydrogen-bond donors (Lipinski definition) is 2. The van der Waals surface area contributed by atoms with E-state index in [9.17, 15) is 13.2 Å². The predicted molar refractivity (Wildman–Crippen MR) is 98.8 cm³/mol. The summed E-state index contributed by atoms with van der Waals surface area (Å²) in [5.41, 5.74) is 0.839. The molecule has 1 aliphatic heterocycles. The van der Waals surface area contributed by atoms with Crippen LogP contribution in [0, 0.1) is 0 Å². The Bertz CT molecular complexity index is 936. The first kappa shape index (κ1) is 18.4. The molecule has 10 heteroatoms. The number of rotatable bonds is 5. The summed E-state index contributed by atoms with van der Waals surface area (Å²) < 4.78 is 27.8. The molecule has 2 N–H and O–H groups in total. The van der Waals surface area contributed by atoms with Crippen LogP contribution < -0.4 is 10.6 Å². The van der Waals surface area contributed by atoms with Crippen LogP contribution in [0.5, 0.6) is 0 Å². The van der Waals surface area contributed by atoms with Crippen LogP contribution in [0.2, 0.25) is 5.02 Å². The van der Waals surface area contributed by atoms with Crippen molar-refractivity contribution in [3.05, 3.63) is 41.0 Å². The number of methoxy groups -OCH3 is 1. The number of nitrogens with zero attached hydrogens (tertiary/aromatic N) is 2. The molecule has 1 atom stereocenters. The first-order valence-electron chi connectivity index (χ1n) is 7.81. The number of carbonyl (C=O) groups excluding carboxylic acids is 1. The number of halogens is 1. The molecule has 8 nitrogen and oxygen atoms in total. The number of benzene rings is 1. The largest absolute Gasteiger partial charge is 0.465 e. The van der Waals surface area contributed by atoms with E-state index in [-0.39, 0.29) is 17.5 Å². The normalized spacial score (nSPS) is 18.3. The first-order chi connectivity index (χ1) is 12.4. The Labute approximate surface area is 155 Å². The van der Waals surface area contributed by atoms with E-state index >= 15 is 0 Å². The minimum Gasteiger partial charge on any atom is -0.465 e. The number of ether oxygens (including phenoxy) is 1. The summed E-state index contributed by atoms with van der Waals surface area (Å²) in [6.07, 6.45) is 2.07. The zero-order chi connectivity index (χ0) is 18.7. The van der Waals surface area contributed by atoms with Gasteiger partial charge in [0.25, 0.3) is 0 Å². The second kappa shape index (κ2) is 7.46. The Morgan fingerprint density at radius 1 is 1.35 bits per heavy atom. The van der Waals surface area contributed by atoms with Crippen molar-refractivity contribution in [2.45, 2.75) is 12.5 Å². The molecule has 1 aromatic carbocycles. The molecule has 1 aliphatic rings. The van der Waals surface area contributed by atoms with E-state index < -0.39 is 15.8 Å². The van der Waals surface area contributed by atoms with Gasteiger partial charge in [0.15, 0.2) is 9.84 Å². The van der Waals surface area contributed by atoms with Gasteiger partial charge in [0, 0.05) is 12.2 Å². The lowest BCUT2D eigenvalue weighted by molar-refractivity contribution is 0.0601. The highest BCUT2D eigenvalue weighted by Crippen LogP contribution is 2.26. The predicted octanol–water partition coefficient (Wildman–Crippen LogP) is 2.26. The lowest BCUT2D eigenvalue weighted by Crippen LogP contribution is -2.22. The number of sulfone groups is 1. The van der Waals surface area contributed by atoms with Crippen LogP contribution in [0.4, 0.5) is 17.5 Å². The fraction of sp³-hybridized carbons (Fsp3) is 0.312. The molecule has 26 heavy (non-hydrogen) atoms. The highest BCUT2D eigenvalue weighted by molar-refractivity contribution is 7.91. The van der Waals surface area contributed by atoms with E-state index in [1.54, 1.807) is 30.5 Å². The number of esters is 1. The Hall–Kier alpha value is -2.39. The van der Waals surface area contributed by atoms with Gasteiger partial charge in [0.2, 0.25) is 5.95 Å². The topological polar surface area (TPSA) is 110 Å². The molecule has 1 aromatic heterocycles. The quantitative estimate of drug-likeness (QED) is 0.740. The van der Waals surface area contributed by atoms with E-state index in [1.807, 2.05) is 0 Å². The van der Waals surface area contributed by atoms with Crippen molar-refractivity contribution >= 4 is 44.9 Å². The Morgan fingerprint density at radius 3 is 2.85 bits per heavy atom. The molecule has 0 aliphatic carbocycles. The summed E-state index contributed by atoms with van der Waals surface area (Å²) in [5, 5.41) is 6.46. The lowest BCUT2D eigenvalue weighted by Gasteiger charge is -2.13. The van der Waals surface area contributed by atoms with E-state index in [4.69, 9.17) is 16.3 Å². The molecule has 0 bridgehead atoms. The second-order valence-electron chi connectivity index (χ2n) is 5.82. The maximum absolute atomic E-state index is 11.7. The van der Waals surface area contributed by atoms with Gasteiger partial charge >= 0.3 is 5.97 Å². The highest BCUT2D eigenvalue weighted by atomic mass is 35.5. The van der Waals surface area contributed by atoms with Crippen molar-refractivity contribution in [3.63, 3.8) is 0 Å². The molecule has 1 unspecified atom stereocenters. The molecule has 0 spiro atoms. The molecule has 2 heterocycles. The van der Waals surface area contributed by atoms with Crippen LogP contribution in [0.15, 0.2) is 30.5 Å². The lowest BCUT2D eigenvalue weighted by atomic mass is 10.2. The standard InChI is InChI=1S/C16H17ClN4O4S/c1-25-15(22)10-2-3-12(17)13(8-10)20-14-4-6-18-16(21-14)19-11-5-7-26(23,24)9-11/h2-4,6,8,11H,5,7,9H2,1H3,(H2,18,19,20,21). The van der Waals surface area contributed by atoms with E-state index in [2.05, 4.69) is 20.6 Å². The molecule has 2 aromatic rings. The number of anilines is 3. The maximum Gasteiger partial charge on any atom is 0.337 e. The third-order valence-electron chi connectivity index (χ3n) is 3.87. The maximum atomic E-state index is 11.7.